The van der Waals surface area contributed by atoms with E-state index in [2.05, 4.69) is 6.58 Å². The molecule has 80 valence electrons. The molecule has 3 nitrogen and oxygen atoms in total. The molecule has 15 heavy (non-hydrogen) atoms. The first kappa shape index (κ1) is 11.3. The number of aromatic carboxylic acids is 1. The molecule has 0 heterocycles. The van der Waals surface area contributed by atoms with E-state index in [-0.39, 0.29) is 5.56 Å². The Morgan fingerprint density at radius 2 is 2.20 bits per heavy atom. The van der Waals surface area contributed by atoms with Crippen LogP contribution in [0.4, 0.5) is 0 Å². The second kappa shape index (κ2) is 4.64. The highest BCUT2D eigenvalue weighted by atomic mass is 16.5. The van der Waals surface area contributed by atoms with Crippen molar-refractivity contribution in [3.05, 3.63) is 41.5 Å². The smallest absolute Gasteiger partial charge is 0.336 e. The van der Waals surface area contributed by atoms with Crippen molar-refractivity contribution in [2.75, 3.05) is 6.61 Å². The molecule has 0 bridgehead atoms. The molecule has 1 rings (SSSR count). The van der Waals surface area contributed by atoms with E-state index in [1.807, 2.05) is 6.92 Å². The number of carboxylic acids is 1. The Morgan fingerprint density at radius 1 is 1.53 bits per heavy atom. The molecule has 0 amide bonds. The SMILES string of the molecule is C=C(C)COc1cccc(C(=O)O)c1C. The molecule has 0 fully saturated rings. The van der Waals surface area contributed by atoms with Gasteiger partial charge in [-0.3, -0.25) is 0 Å². The van der Waals surface area contributed by atoms with E-state index in [9.17, 15) is 4.79 Å². The fraction of sp³-hybridized carbons (Fsp3) is 0.250. The molecule has 0 aromatic heterocycles. The highest BCUT2D eigenvalue weighted by molar-refractivity contribution is 5.90. The van der Waals surface area contributed by atoms with Crippen LogP contribution in [0.2, 0.25) is 0 Å². The van der Waals surface area contributed by atoms with Gasteiger partial charge in [0.15, 0.2) is 0 Å². The number of carbonyl (C=O) groups is 1. The van der Waals surface area contributed by atoms with Gasteiger partial charge in [-0.25, -0.2) is 4.79 Å². The van der Waals surface area contributed by atoms with Crippen LogP contribution < -0.4 is 4.74 Å². The van der Waals surface area contributed by atoms with Crippen LogP contribution in [0.1, 0.15) is 22.8 Å². The zero-order valence-electron chi connectivity index (χ0n) is 8.91. The molecule has 0 spiro atoms. The van der Waals surface area contributed by atoms with Crippen molar-refractivity contribution in [1.82, 2.24) is 0 Å². The first-order valence-corrected chi connectivity index (χ1v) is 4.62. The number of carboxylic acid groups (broad SMARTS) is 1. The van der Waals surface area contributed by atoms with E-state index in [0.29, 0.717) is 17.9 Å². The average molecular weight is 206 g/mol. The summed E-state index contributed by atoms with van der Waals surface area (Å²) in [5.74, 6) is -0.342. The third-order valence-corrected chi connectivity index (χ3v) is 1.99. The predicted molar refractivity (Wildman–Crippen MR) is 58.4 cm³/mol. The van der Waals surface area contributed by atoms with Gasteiger partial charge < -0.3 is 9.84 Å². The summed E-state index contributed by atoms with van der Waals surface area (Å²) < 4.78 is 5.43. The van der Waals surface area contributed by atoms with Crippen molar-refractivity contribution in [2.24, 2.45) is 0 Å². The van der Waals surface area contributed by atoms with Gasteiger partial charge in [0.05, 0.1) is 5.56 Å². The highest BCUT2D eigenvalue weighted by Crippen LogP contribution is 2.21. The van der Waals surface area contributed by atoms with E-state index in [1.165, 1.54) is 0 Å². The molecule has 0 aliphatic rings. The number of hydrogen-bond acceptors (Lipinski definition) is 2. The third kappa shape index (κ3) is 2.84. The van der Waals surface area contributed by atoms with Crippen molar-refractivity contribution in [3.63, 3.8) is 0 Å². The summed E-state index contributed by atoms with van der Waals surface area (Å²) in [7, 11) is 0. The Hall–Kier alpha value is -1.77. The molecule has 1 aromatic carbocycles. The first-order chi connectivity index (χ1) is 7.02. The van der Waals surface area contributed by atoms with Crippen molar-refractivity contribution < 1.29 is 14.6 Å². The topological polar surface area (TPSA) is 46.5 Å². The van der Waals surface area contributed by atoms with E-state index in [4.69, 9.17) is 9.84 Å². The van der Waals surface area contributed by atoms with E-state index in [1.54, 1.807) is 25.1 Å². The summed E-state index contributed by atoms with van der Waals surface area (Å²) in [5.41, 5.74) is 1.82. The Kier molecular flexibility index (Phi) is 3.50. The van der Waals surface area contributed by atoms with Crippen LogP contribution in [0.3, 0.4) is 0 Å². The molecule has 1 N–H and O–H groups in total. The Labute approximate surface area is 89.0 Å². The summed E-state index contributed by atoms with van der Waals surface area (Å²) in [5, 5.41) is 8.89. The van der Waals surface area contributed by atoms with Crippen LogP contribution in [0, 0.1) is 6.92 Å². The highest BCUT2D eigenvalue weighted by Gasteiger charge is 2.10. The van der Waals surface area contributed by atoms with Crippen molar-refractivity contribution in [3.8, 4) is 5.75 Å². The molecule has 1 aromatic rings. The van der Waals surface area contributed by atoms with Gasteiger partial charge in [-0.2, -0.15) is 0 Å². The monoisotopic (exact) mass is 206 g/mol. The van der Waals surface area contributed by atoms with Crippen LogP contribution in [0.5, 0.6) is 5.75 Å². The Morgan fingerprint density at radius 3 is 2.73 bits per heavy atom. The maximum absolute atomic E-state index is 10.8. The summed E-state index contributed by atoms with van der Waals surface area (Å²) in [4.78, 5) is 10.8. The van der Waals surface area contributed by atoms with Gasteiger partial charge in [0.1, 0.15) is 12.4 Å². The van der Waals surface area contributed by atoms with Gasteiger partial charge in [-0.1, -0.05) is 12.6 Å². The number of benzene rings is 1. The fourth-order valence-electron chi connectivity index (χ4n) is 1.20. The molecule has 0 radical (unpaired) electrons. The summed E-state index contributed by atoms with van der Waals surface area (Å²) in [6.07, 6.45) is 0. The molecular formula is C12H14O3. The van der Waals surface area contributed by atoms with Crippen LogP contribution in [0.25, 0.3) is 0 Å². The minimum absolute atomic E-state index is 0.272. The minimum Gasteiger partial charge on any atom is -0.489 e. The lowest BCUT2D eigenvalue weighted by Gasteiger charge is -2.10. The van der Waals surface area contributed by atoms with Crippen LogP contribution in [0.15, 0.2) is 30.4 Å². The van der Waals surface area contributed by atoms with E-state index >= 15 is 0 Å². The largest absolute Gasteiger partial charge is 0.489 e. The molecule has 0 aliphatic heterocycles. The summed E-state index contributed by atoms with van der Waals surface area (Å²) in [6, 6.07) is 4.99. The van der Waals surface area contributed by atoms with E-state index < -0.39 is 5.97 Å². The fourth-order valence-corrected chi connectivity index (χ4v) is 1.20. The van der Waals surface area contributed by atoms with Gasteiger partial charge in [0.2, 0.25) is 0 Å². The zero-order valence-corrected chi connectivity index (χ0v) is 8.91. The lowest BCUT2D eigenvalue weighted by Crippen LogP contribution is -2.04. The maximum atomic E-state index is 10.8. The Balaban J connectivity index is 2.94. The van der Waals surface area contributed by atoms with Gasteiger partial charge >= 0.3 is 5.97 Å². The molecule has 0 aliphatic carbocycles. The number of ether oxygens (including phenoxy) is 1. The zero-order chi connectivity index (χ0) is 11.4. The first-order valence-electron chi connectivity index (χ1n) is 4.62. The van der Waals surface area contributed by atoms with Crippen LogP contribution >= 0.6 is 0 Å². The number of hydrogen-bond donors (Lipinski definition) is 1. The van der Waals surface area contributed by atoms with Crippen molar-refractivity contribution in [1.29, 1.82) is 0 Å². The summed E-state index contributed by atoms with van der Waals surface area (Å²) >= 11 is 0. The quantitative estimate of drug-likeness (QED) is 0.770. The Bertz CT molecular complexity index is 394. The van der Waals surface area contributed by atoms with Gasteiger partial charge in [-0.05, 0) is 31.6 Å². The second-order valence-electron chi connectivity index (χ2n) is 3.48. The number of rotatable bonds is 4. The van der Waals surface area contributed by atoms with Gasteiger partial charge in [-0.15, -0.1) is 0 Å². The van der Waals surface area contributed by atoms with Crippen molar-refractivity contribution in [2.45, 2.75) is 13.8 Å². The normalized spacial score (nSPS) is 9.73. The lowest BCUT2D eigenvalue weighted by atomic mass is 10.1. The standard InChI is InChI=1S/C12H14O3/c1-8(2)7-15-11-6-4-5-10(9(11)3)12(13)14/h4-6H,1,7H2,2-3H3,(H,13,14). The van der Waals surface area contributed by atoms with Crippen LogP contribution in [-0.2, 0) is 0 Å². The second-order valence-corrected chi connectivity index (χ2v) is 3.48. The maximum Gasteiger partial charge on any atom is 0.336 e. The average Bonchev–Trinajstić information content (AvgIpc) is 2.15. The van der Waals surface area contributed by atoms with Crippen molar-refractivity contribution >= 4 is 5.97 Å². The molecule has 0 unspecified atom stereocenters. The molecule has 0 saturated heterocycles. The molecule has 3 heteroatoms. The van der Waals surface area contributed by atoms with E-state index in [0.717, 1.165) is 5.57 Å². The predicted octanol–water partition coefficient (Wildman–Crippen LogP) is 2.65. The summed E-state index contributed by atoms with van der Waals surface area (Å²) in [6.45, 7) is 7.71. The minimum atomic E-state index is -0.937. The lowest BCUT2D eigenvalue weighted by molar-refractivity contribution is 0.0695. The molecule has 0 atom stereocenters. The molecule has 0 saturated carbocycles. The van der Waals surface area contributed by atoms with Gasteiger partial charge in [0, 0.05) is 5.56 Å². The molecular weight excluding hydrogens is 192 g/mol. The van der Waals surface area contributed by atoms with Crippen LogP contribution in [-0.4, -0.2) is 17.7 Å². The van der Waals surface area contributed by atoms with Gasteiger partial charge in [0.25, 0.3) is 0 Å². The third-order valence-electron chi connectivity index (χ3n) is 1.99.